The topological polar surface area (TPSA) is 30.8 Å². The Morgan fingerprint density at radius 1 is 0.469 bits per heavy atom. The van der Waals surface area contributed by atoms with Gasteiger partial charge in [0, 0.05) is 17.0 Å². The fourth-order valence-electron chi connectivity index (χ4n) is 6.86. The van der Waals surface area contributed by atoms with Gasteiger partial charge in [0.1, 0.15) is 0 Å². The van der Waals surface area contributed by atoms with E-state index in [-0.39, 0.29) is 0 Å². The smallest absolute Gasteiger partial charge is 0.169 e. The summed E-state index contributed by atoms with van der Waals surface area (Å²) in [7, 11) is 0. The van der Waals surface area contributed by atoms with Crippen LogP contribution in [0, 0.1) is 6.92 Å². The largest absolute Gasteiger partial charge is 0.489 e. The molecule has 4 aromatic carbocycles. The van der Waals surface area contributed by atoms with E-state index < -0.39 is 0 Å². The van der Waals surface area contributed by atoms with Crippen molar-refractivity contribution >= 4 is 33.4 Å². The third kappa shape index (κ3) is 13.5. The van der Waals surface area contributed by atoms with Gasteiger partial charge in [0.15, 0.2) is 11.5 Å². The van der Waals surface area contributed by atoms with Crippen molar-refractivity contribution < 1.29 is 9.47 Å². The average molecular weight is 664 g/mol. The highest BCUT2D eigenvalue weighted by Gasteiger charge is 2.18. The fraction of sp³-hybridized carbons (Fsp3) is 0.543. The number of hydrogen-bond donors (Lipinski definition) is 0. The molecule has 0 aliphatic rings. The standard InChI is InChI=1S/C46H65NO2/c1-4-6-8-10-12-14-16-18-20-25-33-48-45-41-31-29-38(3)35-43(41)44-36-39(37-47-40-27-23-22-24-28-40)30-32-42(44)46(45)49-34-26-21-19-17-15-13-11-9-7-5-2/h22-24,27-32,35-37H,4-21,25-26,33-34H2,1-3H3. The van der Waals surface area contributed by atoms with Gasteiger partial charge in [-0.3, -0.25) is 4.99 Å². The minimum absolute atomic E-state index is 0.717. The van der Waals surface area contributed by atoms with Crippen LogP contribution in [0.2, 0.25) is 0 Å². The summed E-state index contributed by atoms with van der Waals surface area (Å²) in [4.78, 5) is 4.74. The van der Waals surface area contributed by atoms with Crippen LogP contribution in [0.15, 0.2) is 71.7 Å². The number of hydrogen-bond acceptors (Lipinski definition) is 3. The summed E-state index contributed by atoms with van der Waals surface area (Å²) < 4.78 is 13.4. The highest BCUT2D eigenvalue weighted by molar-refractivity contribution is 6.15. The molecule has 3 heteroatoms. The van der Waals surface area contributed by atoms with Crippen LogP contribution in [-0.2, 0) is 0 Å². The number of unbranched alkanes of at least 4 members (excludes halogenated alkanes) is 18. The van der Waals surface area contributed by atoms with Crippen LogP contribution < -0.4 is 9.47 Å². The highest BCUT2D eigenvalue weighted by Crippen LogP contribution is 2.44. The quantitative estimate of drug-likeness (QED) is 0.0380. The zero-order valence-electron chi connectivity index (χ0n) is 31.2. The van der Waals surface area contributed by atoms with Crippen LogP contribution >= 0.6 is 0 Å². The first kappa shape index (κ1) is 38.5. The third-order valence-corrected chi connectivity index (χ3v) is 9.81. The van der Waals surface area contributed by atoms with E-state index >= 15 is 0 Å². The van der Waals surface area contributed by atoms with E-state index in [1.54, 1.807) is 0 Å². The molecule has 0 saturated carbocycles. The van der Waals surface area contributed by atoms with Gasteiger partial charge in [-0.05, 0) is 60.4 Å². The summed E-state index contributed by atoms with van der Waals surface area (Å²) in [5.74, 6) is 1.82. The van der Waals surface area contributed by atoms with Crippen molar-refractivity contribution in [3.05, 3.63) is 77.9 Å². The van der Waals surface area contributed by atoms with Crippen molar-refractivity contribution in [2.24, 2.45) is 4.99 Å². The lowest BCUT2D eigenvalue weighted by Gasteiger charge is -2.19. The van der Waals surface area contributed by atoms with Gasteiger partial charge in [-0.15, -0.1) is 0 Å². The van der Waals surface area contributed by atoms with Crippen LogP contribution in [0.4, 0.5) is 5.69 Å². The van der Waals surface area contributed by atoms with Gasteiger partial charge in [0.25, 0.3) is 0 Å². The maximum absolute atomic E-state index is 6.72. The van der Waals surface area contributed by atoms with Gasteiger partial charge in [-0.2, -0.15) is 0 Å². The first-order chi connectivity index (χ1) is 24.2. The molecule has 4 rings (SSSR count). The molecular formula is C46H65NO2. The maximum Gasteiger partial charge on any atom is 0.169 e. The predicted molar refractivity (Wildman–Crippen MR) is 215 cm³/mol. The number of aryl methyl sites for hydroxylation is 1. The summed E-state index contributed by atoms with van der Waals surface area (Å²) >= 11 is 0. The van der Waals surface area contributed by atoms with E-state index in [1.807, 2.05) is 36.5 Å². The Morgan fingerprint density at radius 3 is 1.43 bits per heavy atom. The second-order valence-electron chi connectivity index (χ2n) is 14.2. The van der Waals surface area contributed by atoms with E-state index in [0.29, 0.717) is 0 Å². The summed E-state index contributed by atoms with van der Waals surface area (Å²) in [6, 6.07) is 23.5. The zero-order valence-corrected chi connectivity index (χ0v) is 31.2. The van der Waals surface area contributed by atoms with Crippen molar-refractivity contribution in [2.45, 2.75) is 149 Å². The Bertz CT molecular complexity index is 1510. The molecule has 0 saturated heterocycles. The summed E-state index contributed by atoms with van der Waals surface area (Å²) in [5, 5.41) is 4.68. The van der Waals surface area contributed by atoms with Crippen molar-refractivity contribution in [2.75, 3.05) is 13.2 Å². The van der Waals surface area contributed by atoms with Gasteiger partial charge in [0.2, 0.25) is 0 Å². The third-order valence-electron chi connectivity index (χ3n) is 9.81. The molecule has 0 atom stereocenters. The van der Waals surface area contributed by atoms with E-state index in [0.717, 1.165) is 59.6 Å². The first-order valence-electron chi connectivity index (χ1n) is 20.1. The lowest BCUT2D eigenvalue weighted by Crippen LogP contribution is -2.04. The molecule has 0 amide bonds. The summed E-state index contributed by atoms with van der Waals surface area (Å²) in [6.45, 7) is 8.19. The Morgan fingerprint density at radius 2 is 0.918 bits per heavy atom. The second-order valence-corrected chi connectivity index (χ2v) is 14.2. The summed E-state index contributed by atoms with van der Waals surface area (Å²) in [6.07, 6.45) is 28.3. The Kier molecular flexibility index (Phi) is 18.2. The lowest BCUT2D eigenvalue weighted by atomic mass is 9.96. The second kappa shape index (κ2) is 23.1. The Balaban J connectivity index is 1.45. The first-order valence-corrected chi connectivity index (χ1v) is 20.1. The number of nitrogens with zero attached hydrogens (tertiary/aromatic N) is 1. The van der Waals surface area contributed by atoms with Gasteiger partial charge < -0.3 is 9.47 Å². The monoisotopic (exact) mass is 664 g/mol. The predicted octanol–water partition coefficient (Wildman–Crippen LogP) is 14.7. The molecule has 0 fully saturated rings. The van der Waals surface area contributed by atoms with Crippen molar-refractivity contribution in [3.8, 4) is 11.5 Å². The molecule has 0 aliphatic carbocycles. The SMILES string of the molecule is CCCCCCCCCCCCOc1c(OCCCCCCCCCCCC)c2ccc(C=Nc3ccccc3)cc2c2cc(C)ccc12. The number of benzene rings is 4. The van der Waals surface area contributed by atoms with Gasteiger partial charge in [-0.25, -0.2) is 0 Å². The molecule has 4 aromatic rings. The molecule has 0 aliphatic heterocycles. The van der Waals surface area contributed by atoms with E-state index in [9.17, 15) is 0 Å². The van der Waals surface area contributed by atoms with Crippen LogP contribution in [0.25, 0.3) is 21.5 Å². The van der Waals surface area contributed by atoms with Crippen LogP contribution in [-0.4, -0.2) is 19.4 Å². The lowest BCUT2D eigenvalue weighted by molar-refractivity contribution is 0.263. The van der Waals surface area contributed by atoms with Crippen molar-refractivity contribution in [3.63, 3.8) is 0 Å². The molecule has 0 spiro atoms. The minimum atomic E-state index is 0.717. The van der Waals surface area contributed by atoms with Crippen LogP contribution in [0.1, 0.15) is 153 Å². The maximum atomic E-state index is 6.72. The molecule has 0 bridgehead atoms. The molecule has 0 aromatic heterocycles. The van der Waals surface area contributed by atoms with Crippen LogP contribution in [0.3, 0.4) is 0 Å². The van der Waals surface area contributed by atoms with Crippen molar-refractivity contribution in [1.29, 1.82) is 0 Å². The van der Waals surface area contributed by atoms with E-state index in [2.05, 4.69) is 57.2 Å². The molecule has 3 nitrogen and oxygen atoms in total. The number of para-hydroxylation sites is 1. The molecule has 49 heavy (non-hydrogen) atoms. The van der Waals surface area contributed by atoms with Gasteiger partial charge >= 0.3 is 0 Å². The number of aliphatic imine (C=N–C) groups is 1. The molecule has 0 heterocycles. The van der Waals surface area contributed by atoms with E-state index in [1.165, 1.54) is 132 Å². The highest BCUT2D eigenvalue weighted by atomic mass is 16.5. The fourth-order valence-corrected chi connectivity index (χ4v) is 6.86. The summed E-state index contributed by atoms with van der Waals surface area (Å²) in [5.41, 5.74) is 3.29. The molecule has 0 radical (unpaired) electrons. The number of rotatable bonds is 26. The molecule has 0 N–H and O–H groups in total. The van der Waals surface area contributed by atoms with Crippen LogP contribution in [0.5, 0.6) is 11.5 Å². The Labute approximate surface area is 298 Å². The average Bonchev–Trinajstić information content (AvgIpc) is 3.13. The van der Waals surface area contributed by atoms with E-state index in [4.69, 9.17) is 14.5 Å². The molecule has 266 valence electrons. The Hall–Kier alpha value is -3.33. The normalized spacial score (nSPS) is 11.7. The minimum Gasteiger partial charge on any atom is -0.489 e. The molecule has 0 unspecified atom stereocenters. The van der Waals surface area contributed by atoms with Crippen molar-refractivity contribution in [1.82, 2.24) is 0 Å². The number of ether oxygens (including phenoxy) is 2. The number of fused-ring (bicyclic) bond motifs is 3. The zero-order chi connectivity index (χ0) is 34.4. The van der Waals surface area contributed by atoms with Gasteiger partial charge in [-0.1, -0.05) is 177 Å². The van der Waals surface area contributed by atoms with Gasteiger partial charge in [0.05, 0.1) is 18.9 Å². The molecular weight excluding hydrogens is 599 g/mol.